The van der Waals surface area contributed by atoms with E-state index >= 15 is 0 Å². The lowest BCUT2D eigenvalue weighted by Crippen LogP contribution is -2.34. The fourth-order valence-corrected chi connectivity index (χ4v) is 11.7. The van der Waals surface area contributed by atoms with Crippen LogP contribution in [-0.2, 0) is 29.6 Å². The zero-order valence-corrected chi connectivity index (χ0v) is 61.5. The van der Waals surface area contributed by atoms with Crippen LogP contribution in [0.25, 0.3) is 0 Å². The summed E-state index contributed by atoms with van der Waals surface area (Å²) in [5.41, 5.74) is 11.1. The van der Waals surface area contributed by atoms with Gasteiger partial charge < -0.3 is 55.0 Å². The van der Waals surface area contributed by atoms with Crippen LogP contribution < -0.4 is 48.7 Å². The number of carbonyl (C=O) groups is 1. The van der Waals surface area contributed by atoms with Crippen LogP contribution in [0, 0.1) is 34.6 Å². The van der Waals surface area contributed by atoms with E-state index in [2.05, 4.69) is 10.6 Å². The summed E-state index contributed by atoms with van der Waals surface area (Å²) in [4.78, 5) is 10.7. The maximum atomic E-state index is 13.0. The fraction of sp³-hybridized carbons (Fsp3) is 0.377. The summed E-state index contributed by atoms with van der Waals surface area (Å²) < 4.78 is 231. The molecule has 1 saturated heterocycles. The number of hydrogen-bond donors (Lipinski definition) is 5. The largest absolute Gasteiger partial charge is 0.508 e. The summed E-state index contributed by atoms with van der Waals surface area (Å²) >= 11 is 9.53. The van der Waals surface area contributed by atoms with Crippen LogP contribution in [0.4, 0.5) is 81.1 Å². The third-order valence-electron chi connectivity index (χ3n) is 13.8. The highest BCUT2D eigenvalue weighted by molar-refractivity contribution is 7.93. The van der Waals surface area contributed by atoms with Gasteiger partial charge in [0.15, 0.2) is 0 Å². The van der Waals surface area contributed by atoms with Gasteiger partial charge in [0, 0.05) is 58.3 Å². The van der Waals surface area contributed by atoms with Crippen molar-refractivity contribution in [2.24, 2.45) is 0 Å². The number of hydrogen-bond acceptors (Lipinski definition) is 15. The molecule has 0 atom stereocenters. The molecule has 35 heteroatoms. The third kappa shape index (κ3) is 34.8. The van der Waals surface area contributed by atoms with E-state index in [4.69, 9.17) is 57.4 Å². The fourth-order valence-electron chi connectivity index (χ4n) is 8.76. The van der Waals surface area contributed by atoms with Gasteiger partial charge in [-0.3, -0.25) is 13.4 Å². The minimum absolute atomic E-state index is 0. The summed E-state index contributed by atoms with van der Waals surface area (Å²) in [6, 6.07) is 33.5. The molecule has 8 rings (SSSR count). The first-order chi connectivity index (χ1) is 48.0. The smallest absolute Gasteiger partial charge is 0.397 e. The van der Waals surface area contributed by atoms with E-state index in [1.165, 1.54) is 108 Å². The zero-order chi connectivity index (χ0) is 78.1. The molecule has 0 unspecified atom stereocenters. The molecule has 0 spiro atoms. The number of nitrogens with one attached hydrogen (secondary N) is 2. The highest BCUT2D eigenvalue weighted by atomic mass is 35.5. The van der Waals surface area contributed by atoms with E-state index in [9.17, 15) is 84.5 Å². The average Bonchev–Trinajstić information content (AvgIpc) is 0.923. The van der Waals surface area contributed by atoms with E-state index in [1.807, 2.05) is 32.0 Å². The molecule has 0 bridgehead atoms. The van der Waals surface area contributed by atoms with Crippen molar-refractivity contribution in [3.63, 3.8) is 0 Å². The monoisotopic (exact) mass is 1560 g/mol. The Kier molecular flexibility index (Phi) is 39.8. The first kappa shape index (κ1) is 93.5. The molecule has 104 heavy (non-hydrogen) atoms. The summed E-state index contributed by atoms with van der Waals surface area (Å²) in [7, 11) is -0.901. The van der Waals surface area contributed by atoms with Crippen LogP contribution in [0.5, 0.6) is 40.2 Å². The number of methoxy groups -OCH3 is 5. The molecule has 6 N–H and O–H groups in total. The molecule has 3 radical (unpaired) electrons. The lowest BCUT2D eigenvalue weighted by molar-refractivity contribution is -0.150. The molecular formula is C69H83BCl2F12N5O13S2. The van der Waals surface area contributed by atoms with Gasteiger partial charge in [-0.15, -0.1) is 23.2 Å². The van der Waals surface area contributed by atoms with Gasteiger partial charge in [0.25, 0.3) is 20.0 Å². The van der Waals surface area contributed by atoms with Crippen LogP contribution in [0.1, 0.15) is 66.3 Å². The van der Waals surface area contributed by atoms with Crippen LogP contribution >= 0.6 is 23.2 Å². The Bertz CT molecular complexity index is 3950. The second-order valence-electron chi connectivity index (χ2n) is 21.8. The Labute approximate surface area is 609 Å². The van der Waals surface area contributed by atoms with Gasteiger partial charge in [-0.2, -0.15) is 52.7 Å². The molecule has 7 aromatic rings. The topological polar surface area (TPSA) is 238 Å². The van der Waals surface area contributed by atoms with Gasteiger partial charge in [-0.05, 0) is 215 Å². The summed E-state index contributed by atoms with van der Waals surface area (Å²) in [6.45, 7) is 9.08. The van der Waals surface area contributed by atoms with Crippen LogP contribution in [0.15, 0.2) is 149 Å². The van der Waals surface area contributed by atoms with Gasteiger partial charge in [-0.1, -0.05) is 0 Å². The van der Waals surface area contributed by atoms with E-state index < -0.39 is 89.4 Å². The molecule has 1 amide bonds. The average molecular weight is 1560 g/mol. The lowest BCUT2D eigenvalue weighted by atomic mass is 10.2. The molecule has 575 valence electrons. The number of anilines is 5. The highest BCUT2D eigenvalue weighted by Crippen LogP contribution is 2.34. The minimum Gasteiger partial charge on any atom is -0.508 e. The third-order valence-corrected chi connectivity index (χ3v) is 17.5. The standard InChI is InChI=1S/C18H20F3NO4S.C16H16F3NO4S.C11H12F3NO2.C11H14F3NO.C8H11NO.C4H8O.CH2Cl2.B/c1-13-12-14(4-9-17(13)26-3)22(11-10-18(19,20)21)27(23,24)16-7-5-15(25-2)6-8-16;1-11-10-12(2-7-15(11)22)20(9-8-16(17,18)19)25(23,24)14-5-3-13(21)4-6-14;1-7-5-8(3-4-9(7)17-2)15-10(16)6-11(12,13)14;1-8-7-9(3-4-10(8)16-2)15-6-5-11(12,13)14;1-6-5-7(9)3-4-8(6)10-2;1-2-4-5-3-1;2-1-3;/h4-9,12H,10-11H2,1-3H3;2-7,10,21-22H,8-9H2,1H3;3-5H,6H2,1-2H3,(H,15,16);3-4,7,15H,5-6H2,1-2H3;3-5H,9H2,1-2H3;1-4H2;1H2;. The van der Waals surface area contributed by atoms with Crippen molar-refractivity contribution in [3.8, 4) is 40.2 Å². The molecule has 0 saturated carbocycles. The number of alkyl halides is 14. The van der Waals surface area contributed by atoms with Gasteiger partial charge in [0.05, 0.1) is 81.3 Å². The maximum Gasteiger partial charge on any atom is 0.397 e. The van der Waals surface area contributed by atoms with Crippen molar-refractivity contribution in [2.75, 3.05) is 98.7 Å². The van der Waals surface area contributed by atoms with E-state index in [1.54, 1.807) is 58.4 Å². The van der Waals surface area contributed by atoms with Crippen molar-refractivity contribution in [3.05, 3.63) is 167 Å². The highest BCUT2D eigenvalue weighted by Gasteiger charge is 2.35. The van der Waals surface area contributed by atoms with E-state index in [-0.39, 0.29) is 53.0 Å². The van der Waals surface area contributed by atoms with Gasteiger partial charge in [0.1, 0.15) is 46.7 Å². The number of carbonyl (C=O) groups excluding carboxylic acids is 1. The number of sulfonamides is 2. The SMILES string of the molecule is C1CCOC1.COc1ccc(N)cc1C.COc1ccc(NC(=O)CC(F)(F)F)cc1C.COc1ccc(NCCC(F)(F)F)cc1C.COc1ccc(S(=O)(=O)N(CCC(F)(F)F)c2ccc(OC)c(C)c2)cc1.Cc1cc(N(CCC(F)(F)F)S(=O)(=O)c2ccc(O)cc2)ccc1O.ClCCl.[B]. The van der Waals surface area contributed by atoms with Gasteiger partial charge in [-0.25, -0.2) is 16.8 Å². The molecule has 1 aliphatic rings. The number of nitrogen functional groups attached to an aromatic ring is 1. The van der Waals surface area contributed by atoms with Crippen molar-refractivity contribution < 1.29 is 113 Å². The van der Waals surface area contributed by atoms with Crippen molar-refractivity contribution in [2.45, 2.75) is 108 Å². The Morgan fingerprint density at radius 1 is 0.500 bits per heavy atom. The number of aromatic hydroxyl groups is 2. The second kappa shape index (κ2) is 44.3. The molecule has 0 aliphatic carbocycles. The predicted octanol–water partition coefficient (Wildman–Crippen LogP) is 17.4. The molecular weight excluding hydrogens is 1480 g/mol. The van der Waals surface area contributed by atoms with E-state index in [0.717, 1.165) is 75.7 Å². The van der Waals surface area contributed by atoms with Crippen LogP contribution in [0.2, 0.25) is 0 Å². The number of aryl methyl sites for hydroxylation is 5. The summed E-state index contributed by atoms with van der Waals surface area (Å²) in [5, 5.41) is 23.9. The number of rotatable bonds is 20. The van der Waals surface area contributed by atoms with Crippen molar-refractivity contribution in [1.82, 2.24) is 0 Å². The maximum absolute atomic E-state index is 13.0. The van der Waals surface area contributed by atoms with Gasteiger partial charge in [0.2, 0.25) is 5.91 Å². The first-order valence-corrected chi connectivity index (χ1v) is 34.6. The molecule has 1 fully saturated rings. The number of amides is 1. The number of nitrogens with zero attached hydrogens (tertiary/aromatic N) is 2. The first-order valence-electron chi connectivity index (χ1n) is 30.6. The molecule has 1 aliphatic heterocycles. The van der Waals surface area contributed by atoms with Gasteiger partial charge >= 0.3 is 24.7 Å². The second-order valence-corrected chi connectivity index (χ2v) is 26.4. The number of benzene rings is 7. The zero-order valence-electron chi connectivity index (χ0n) is 58.3. The summed E-state index contributed by atoms with van der Waals surface area (Å²) in [6.07, 6.45) is -20.0. The molecule has 1 heterocycles. The van der Waals surface area contributed by atoms with Crippen LogP contribution in [0.3, 0.4) is 0 Å². The number of phenolic OH excluding ortho intramolecular Hbond substituents is 2. The Morgan fingerprint density at radius 2 is 0.875 bits per heavy atom. The van der Waals surface area contributed by atoms with Crippen LogP contribution in [-0.4, -0.2) is 140 Å². The predicted molar refractivity (Wildman–Crippen MR) is 381 cm³/mol. The lowest BCUT2D eigenvalue weighted by Gasteiger charge is -2.26. The Hall–Kier alpha value is -8.53. The number of phenols is 2. The normalized spacial score (nSPS) is 11.8. The minimum atomic E-state index is -4.53. The quantitative estimate of drug-likeness (QED) is 0.0206. The molecule has 18 nitrogen and oxygen atoms in total. The van der Waals surface area contributed by atoms with Crippen molar-refractivity contribution >= 4 is 86.0 Å². The van der Waals surface area contributed by atoms with E-state index in [0.29, 0.717) is 44.1 Å². The summed E-state index contributed by atoms with van der Waals surface area (Å²) in [5.74, 6) is 1.83. The number of ether oxygens (including phenoxy) is 6. The Balaban J connectivity index is 0.000000648. The molecule has 0 aromatic heterocycles. The number of halogens is 14. The molecule has 7 aromatic carbocycles. The number of nitrogens with two attached hydrogens (primary N) is 1. The Morgan fingerprint density at radius 3 is 1.24 bits per heavy atom. The van der Waals surface area contributed by atoms with Crippen molar-refractivity contribution in [1.29, 1.82) is 0 Å².